The van der Waals surface area contributed by atoms with Gasteiger partial charge in [0.25, 0.3) is 5.91 Å². The van der Waals surface area contributed by atoms with E-state index in [0.29, 0.717) is 30.2 Å². The number of carbonyl (C=O) groups is 1. The Morgan fingerprint density at radius 1 is 1.43 bits per heavy atom. The molecule has 0 bridgehead atoms. The zero-order chi connectivity index (χ0) is 15.5. The van der Waals surface area contributed by atoms with Gasteiger partial charge in [0, 0.05) is 12.1 Å². The molecule has 0 aliphatic heterocycles. The third-order valence-corrected chi connectivity index (χ3v) is 4.39. The predicted molar refractivity (Wildman–Crippen MR) is 84.6 cm³/mol. The minimum atomic E-state index is -0.126. The molecular weight excluding hydrogens is 266 g/mol. The molecular formula is C16H25N3O2. The van der Waals surface area contributed by atoms with Crippen LogP contribution >= 0.6 is 0 Å². The Balaban J connectivity index is 2.09. The minimum absolute atomic E-state index is 0.0990. The SMILES string of the molecule is CCOc1c(N)cccc1C(=O)NCC1(N(C)C)CCC1. The second-order valence-electron chi connectivity index (χ2n) is 5.81. The smallest absolute Gasteiger partial charge is 0.255 e. The number of rotatable bonds is 6. The van der Waals surface area contributed by atoms with Gasteiger partial charge in [-0.1, -0.05) is 6.07 Å². The summed E-state index contributed by atoms with van der Waals surface area (Å²) in [6, 6.07) is 5.27. The minimum Gasteiger partial charge on any atom is -0.491 e. The fourth-order valence-corrected chi connectivity index (χ4v) is 2.75. The van der Waals surface area contributed by atoms with Crippen LogP contribution in [0.5, 0.6) is 5.75 Å². The van der Waals surface area contributed by atoms with Crippen molar-refractivity contribution in [1.29, 1.82) is 0 Å². The average Bonchev–Trinajstić information content (AvgIpc) is 2.39. The summed E-state index contributed by atoms with van der Waals surface area (Å²) in [5, 5.41) is 3.03. The summed E-state index contributed by atoms with van der Waals surface area (Å²) in [7, 11) is 4.13. The van der Waals surface area contributed by atoms with Crippen molar-refractivity contribution in [2.75, 3.05) is 33.0 Å². The summed E-state index contributed by atoms with van der Waals surface area (Å²) in [5.41, 5.74) is 7.00. The van der Waals surface area contributed by atoms with Crippen molar-refractivity contribution in [3.8, 4) is 5.75 Å². The van der Waals surface area contributed by atoms with Crippen molar-refractivity contribution in [3.05, 3.63) is 23.8 Å². The third-order valence-electron chi connectivity index (χ3n) is 4.39. The van der Waals surface area contributed by atoms with Crippen LogP contribution in [-0.2, 0) is 0 Å². The van der Waals surface area contributed by atoms with Crippen molar-refractivity contribution >= 4 is 11.6 Å². The Bertz CT molecular complexity index is 510. The van der Waals surface area contributed by atoms with Crippen molar-refractivity contribution < 1.29 is 9.53 Å². The first-order valence-electron chi connectivity index (χ1n) is 7.47. The van der Waals surface area contributed by atoms with Gasteiger partial charge in [0.2, 0.25) is 0 Å². The van der Waals surface area contributed by atoms with E-state index in [9.17, 15) is 4.79 Å². The molecule has 3 N–H and O–H groups in total. The third kappa shape index (κ3) is 3.13. The van der Waals surface area contributed by atoms with Crippen LogP contribution < -0.4 is 15.8 Å². The molecule has 5 nitrogen and oxygen atoms in total. The molecule has 21 heavy (non-hydrogen) atoms. The Labute approximate surface area is 126 Å². The van der Waals surface area contributed by atoms with Gasteiger partial charge in [-0.05, 0) is 52.4 Å². The summed E-state index contributed by atoms with van der Waals surface area (Å²) in [6.07, 6.45) is 3.46. The van der Waals surface area contributed by atoms with Crippen LogP contribution in [0, 0.1) is 0 Å². The number of nitrogens with two attached hydrogens (primary N) is 1. The van der Waals surface area contributed by atoms with E-state index in [-0.39, 0.29) is 11.4 Å². The summed E-state index contributed by atoms with van der Waals surface area (Å²) >= 11 is 0. The topological polar surface area (TPSA) is 67.6 Å². The largest absolute Gasteiger partial charge is 0.491 e. The lowest BCUT2D eigenvalue weighted by molar-refractivity contribution is 0.0556. The number of nitrogens with zero attached hydrogens (tertiary/aromatic N) is 1. The van der Waals surface area contributed by atoms with Gasteiger partial charge in [0.1, 0.15) is 0 Å². The van der Waals surface area contributed by atoms with E-state index in [1.807, 2.05) is 6.92 Å². The highest BCUT2D eigenvalue weighted by Crippen LogP contribution is 2.35. The number of nitrogen functional groups attached to an aromatic ring is 1. The molecule has 0 heterocycles. The lowest BCUT2D eigenvalue weighted by Gasteiger charge is -2.47. The Hall–Kier alpha value is -1.75. The number of benzene rings is 1. The molecule has 1 saturated carbocycles. The fourth-order valence-electron chi connectivity index (χ4n) is 2.75. The standard InChI is InChI=1S/C16H25N3O2/c1-4-21-14-12(7-5-8-13(14)17)15(20)18-11-16(19(2)3)9-6-10-16/h5,7-8H,4,6,9-11,17H2,1-3H3,(H,18,20). The number of hydrogen-bond acceptors (Lipinski definition) is 4. The number of carbonyl (C=O) groups excluding carboxylic acids is 1. The molecule has 0 saturated heterocycles. The number of para-hydroxylation sites is 1. The molecule has 0 spiro atoms. The first-order valence-corrected chi connectivity index (χ1v) is 7.47. The van der Waals surface area contributed by atoms with Crippen molar-refractivity contribution in [1.82, 2.24) is 10.2 Å². The molecule has 1 amide bonds. The molecule has 1 aliphatic rings. The maximum atomic E-state index is 12.4. The summed E-state index contributed by atoms with van der Waals surface area (Å²) < 4.78 is 5.51. The van der Waals surface area contributed by atoms with E-state index in [4.69, 9.17) is 10.5 Å². The number of amides is 1. The molecule has 1 fully saturated rings. The first kappa shape index (κ1) is 15.6. The molecule has 0 atom stereocenters. The molecule has 1 aromatic carbocycles. The number of likely N-dealkylation sites (N-methyl/N-ethyl adjacent to an activating group) is 1. The number of nitrogens with one attached hydrogen (secondary N) is 1. The Morgan fingerprint density at radius 3 is 2.67 bits per heavy atom. The monoisotopic (exact) mass is 291 g/mol. The molecule has 2 rings (SSSR count). The molecule has 116 valence electrons. The summed E-state index contributed by atoms with van der Waals surface area (Å²) in [6.45, 7) is 3.01. The maximum absolute atomic E-state index is 12.4. The van der Waals surface area contributed by atoms with Crippen LogP contribution in [0.2, 0.25) is 0 Å². The molecule has 5 heteroatoms. The van der Waals surface area contributed by atoms with Gasteiger partial charge < -0.3 is 20.7 Å². The van der Waals surface area contributed by atoms with Gasteiger partial charge in [0.15, 0.2) is 5.75 Å². The van der Waals surface area contributed by atoms with Gasteiger partial charge in [-0.25, -0.2) is 0 Å². The summed E-state index contributed by atoms with van der Waals surface area (Å²) in [4.78, 5) is 14.6. The lowest BCUT2D eigenvalue weighted by atomic mass is 9.75. The quantitative estimate of drug-likeness (QED) is 0.785. The van der Waals surface area contributed by atoms with Gasteiger partial charge in [-0.3, -0.25) is 4.79 Å². The van der Waals surface area contributed by atoms with E-state index in [1.54, 1.807) is 18.2 Å². The highest BCUT2D eigenvalue weighted by molar-refractivity contribution is 5.98. The van der Waals surface area contributed by atoms with E-state index in [1.165, 1.54) is 6.42 Å². The van der Waals surface area contributed by atoms with Crippen molar-refractivity contribution in [2.24, 2.45) is 0 Å². The van der Waals surface area contributed by atoms with Crippen LogP contribution in [0.15, 0.2) is 18.2 Å². The predicted octanol–water partition coefficient (Wildman–Crippen LogP) is 1.88. The van der Waals surface area contributed by atoms with Gasteiger partial charge in [0.05, 0.1) is 17.9 Å². The second kappa shape index (κ2) is 6.35. The van der Waals surface area contributed by atoms with Gasteiger partial charge in [-0.15, -0.1) is 0 Å². The fraction of sp³-hybridized carbons (Fsp3) is 0.562. The molecule has 0 aromatic heterocycles. The van der Waals surface area contributed by atoms with Gasteiger partial charge >= 0.3 is 0 Å². The molecule has 1 aromatic rings. The van der Waals surface area contributed by atoms with E-state index in [2.05, 4.69) is 24.3 Å². The van der Waals surface area contributed by atoms with E-state index >= 15 is 0 Å². The van der Waals surface area contributed by atoms with E-state index in [0.717, 1.165) is 12.8 Å². The first-order chi connectivity index (χ1) is 10.00. The number of ether oxygens (including phenoxy) is 1. The number of hydrogen-bond donors (Lipinski definition) is 2. The summed E-state index contributed by atoms with van der Waals surface area (Å²) in [5.74, 6) is 0.351. The Kier molecular flexibility index (Phi) is 4.73. The van der Waals surface area contributed by atoms with Crippen LogP contribution in [-0.4, -0.2) is 43.6 Å². The molecule has 1 aliphatic carbocycles. The van der Waals surface area contributed by atoms with Crippen LogP contribution in [0.1, 0.15) is 36.5 Å². The average molecular weight is 291 g/mol. The van der Waals surface area contributed by atoms with Crippen molar-refractivity contribution in [3.63, 3.8) is 0 Å². The van der Waals surface area contributed by atoms with Crippen LogP contribution in [0.3, 0.4) is 0 Å². The van der Waals surface area contributed by atoms with Gasteiger partial charge in [-0.2, -0.15) is 0 Å². The normalized spacial score (nSPS) is 16.4. The molecule has 0 unspecified atom stereocenters. The van der Waals surface area contributed by atoms with Crippen molar-refractivity contribution in [2.45, 2.75) is 31.7 Å². The lowest BCUT2D eigenvalue weighted by Crippen LogP contribution is -2.57. The van der Waals surface area contributed by atoms with Crippen LogP contribution in [0.4, 0.5) is 5.69 Å². The highest BCUT2D eigenvalue weighted by Gasteiger charge is 2.39. The second-order valence-corrected chi connectivity index (χ2v) is 5.81. The van der Waals surface area contributed by atoms with Crippen LogP contribution in [0.25, 0.3) is 0 Å². The maximum Gasteiger partial charge on any atom is 0.255 e. The zero-order valence-corrected chi connectivity index (χ0v) is 13.1. The van der Waals surface area contributed by atoms with E-state index < -0.39 is 0 Å². The number of anilines is 1. The Morgan fingerprint density at radius 2 is 2.14 bits per heavy atom. The molecule has 0 radical (unpaired) electrons. The highest BCUT2D eigenvalue weighted by atomic mass is 16.5. The zero-order valence-electron chi connectivity index (χ0n) is 13.1.